The number of hydrogen-bond donors (Lipinski definition) is 2. The van der Waals surface area contributed by atoms with Crippen LogP contribution in [-0.4, -0.2) is 51.8 Å². The first kappa shape index (κ1) is 23.1. The Kier molecular flexibility index (Phi) is 9.18. The third-order valence-corrected chi connectivity index (χ3v) is 5.78. The maximum atomic E-state index is 5.34. The molecule has 1 heterocycles. The van der Waals surface area contributed by atoms with Gasteiger partial charge in [0.2, 0.25) is 0 Å². The van der Waals surface area contributed by atoms with Crippen LogP contribution >= 0.6 is 0 Å². The average Bonchev–Trinajstić information content (AvgIpc) is 2.82. The predicted molar refractivity (Wildman–Crippen MR) is 127 cm³/mol. The molecule has 1 fully saturated rings. The Morgan fingerprint density at radius 3 is 2.42 bits per heavy atom. The molecule has 0 aliphatic carbocycles. The van der Waals surface area contributed by atoms with Crippen LogP contribution in [0.15, 0.2) is 53.5 Å². The Morgan fingerprint density at radius 2 is 1.74 bits per heavy atom. The summed E-state index contributed by atoms with van der Waals surface area (Å²) in [6.07, 6.45) is 3.85. The lowest BCUT2D eigenvalue weighted by Gasteiger charge is -2.35. The molecule has 1 atom stereocenters. The summed E-state index contributed by atoms with van der Waals surface area (Å²) in [6.45, 7) is 4.41. The number of nitrogens with one attached hydrogen (secondary N) is 2. The number of ether oxygens (including phenoxy) is 2. The number of piperidine rings is 1. The highest BCUT2D eigenvalue weighted by atomic mass is 16.5. The van der Waals surface area contributed by atoms with E-state index >= 15 is 0 Å². The number of benzene rings is 2. The number of nitrogens with zero attached hydrogens (tertiary/aromatic N) is 2. The van der Waals surface area contributed by atoms with E-state index in [-0.39, 0.29) is 0 Å². The van der Waals surface area contributed by atoms with E-state index in [9.17, 15) is 0 Å². The third kappa shape index (κ3) is 6.97. The molecule has 1 aliphatic rings. The van der Waals surface area contributed by atoms with Gasteiger partial charge in [0.25, 0.3) is 0 Å². The van der Waals surface area contributed by atoms with Gasteiger partial charge in [0, 0.05) is 27.2 Å². The summed E-state index contributed by atoms with van der Waals surface area (Å²) in [5, 5.41) is 6.99. The molecule has 31 heavy (non-hydrogen) atoms. The topological polar surface area (TPSA) is 58.1 Å². The van der Waals surface area contributed by atoms with Crippen molar-refractivity contribution in [2.24, 2.45) is 4.99 Å². The normalized spacial score (nSPS) is 16.0. The van der Waals surface area contributed by atoms with E-state index in [1.807, 2.05) is 19.2 Å². The average molecular weight is 425 g/mol. The monoisotopic (exact) mass is 424 g/mol. The van der Waals surface area contributed by atoms with Gasteiger partial charge in [-0.2, -0.15) is 0 Å². The minimum atomic E-state index is 0.301. The minimum absolute atomic E-state index is 0.301. The molecule has 3 rings (SSSR count). The zero-order valence-corrected chi connectivity index (χ0v) is 19.1. The summed E-state index contributed by atoms with van der Waals surface area (Å²) < 4.78 is 10.6. The molecule has 0 spiro atoms. The molecule has 1 saturated heterocycles. The molecule has 0 amide bonds. The lowest BCUT2D eigenvalue weighted by molar-refractivity contribution is 0.164. The lowest BCUT2D eigenvalue weighted by Crippen LogP contribution is -2.44. The van der Waals surface area contributed by atoms with Crippen LogP contribution in [0.25, 0.3) is 0 Å². The Bertz CT molecular complexity index is 817. The van der Waals surface area contributed by atoms with Gasteiger partial charge in [0.15, 0.2) is 5.96 Å². The van der Waals surface area contributed by atoms with E-state index in [0.717, 1.165) is 31.3 Å². The molecular formula is C25H36N4O2. The number of methoxy groups -OCH3 is 2. The first-order chi connectivity index (χ1) is 15.2. The van der Waals surface area contributed by atoms with E-state index in [1.165, 1.54) is 36.0 Å². The van der Waals surface area contributed by atoms with Crippen LogP contribution in [0, 0.1) is 0 Å². The van der Waals surface area contributed by atoms with Crippen LogP contribution in [-0.2, 0) is 17.9 Å². The Morgan fingerprint density at radius 1 is 1.00 bits per heavy atom. The maximum Gasteiger partial charge on any atom is 0.191 e. The Hall–Kier alpha value is -2.57. The molecule has 0 saturated carbocycles. The number of rotatable bonds is 9. The van der Waals surface area contributed by atoms with E-state index < -0.39 is 0 Å². The van der Waals surface area contributed by atoms with Crippen molar-refractivity contribution in [1.29, 1.82) is 0 Å². The molecule has 2 N–H and O–H groups in total. The second-order valence-electron chi connectivity index (χ2n) is 7.95. The maximum absolute atomic E-state index is 5.34. The van der Waals surface area contributed by atoms with Crippen LogP contribution in [0.2, 0.25) is 0 Å². The van der Waals surface area contributed by atoms with Gasteiger partial charge >= 0.3 is 0 Å². The molecule has 6 nitrogen and oxygen atoms in total. The van der Waals surface area contributed by atoms with E-state index in [2.05, 4.69) is 56.9 Å². The summed E-state index contributed by atoms with van der Waals surface area (Å²) in [7, 11) is 5.25. The van der Waals surface area contributed by atoms with Crippen LogP contribution in [0.4, 0.5) is 0 Å². The van der Waals surface area contributed by atoms with Gasteiger partial charge in [0.05, 0.1) is 19.8 Å². The highest BCUT2D eigenvalue weighted by molar-refractivity contribution is 5.79. The molecule has 2 aromatic carbocycles. The third-order valence-electron chi connectivity index (χ3n) is 5.78. The highest BCUT2D eigenvalue weighted by Gasteiger charge is 2.22. The molecular weight excluding hydrogens is 388 g/mol. The smallest absolute Gasteiger partial charge is 0.191 e. The van der Waals surface area contributed by atoms with Crippen molar-refractivity contribution in [3.05, 3.63) is 65.2 Å². The number of likely N-dealkylation sites (tertiary alicyclic amines) is 1. The lowest BCUT2D eigenvalue weighted by atomic mass is 10.0. The first-order valence-corrected chi connectivity index (χ1v) is 11.1. The number of guanidine groups is 1. The zero-order chi connectivity index (χ0) is 21.9. The Labute approximate surface area is 186 Å². The summed E-state index contributed by atoms with van der Waals surface area (Å²) in [6, 6.07) is 17.2. The Balaban J connectivity index is 1.62. The largest absolute Gasteiger partial charge is 0.497 e. The van der Waals surface area contributed by atoms with E-state index in [4.69, 9.17) is 9.47 Å². The van der Waals surface area contributed by atoms with Gasteiger partial charge in [-0.05, 0) is 54.8 Å². The van der Waals surface area contributed by atoms with Crippen molar-refractivity contribution < 1.29 is 9.47 Å². The summed E-state index contributed by atoms with van der Waals surface area (Å²) >= 11 is 0. The molecule has 2 aromatic rings. The van der Waals surface area contributed by atoms with Crippen molar-refractivity contribution in [2.75, 3.05) is 40.9 Å². The SMILES string of the molecule is CN=C(NCc1cccc(COC)c1)NCC(c1ccc(OC)cc1)N1CCCCC1. The van der Waals surface area contributed by atoms with Gasteiger partial charge in [-0.3, -0.25) is 9.89 Å². The van der Waals surface area contributed by atoms with Crippen LogP contribution in [0.5, 0.6) is 5.75 Å². The number of hydrogen-bond acceptors (Lipinski definition) is 4. The van der Waals surface area contributed by atoms with Gasteiger partial charge in [-0.25, -0.2) is 0 Å². The van der Waals surface area contributed by atoms with Crippen molar-refractivity contribution >= 4 is 5.96 Å². The fourth-order valence-electron chi connectivity index (χ4n) is 4.11. The first-order valence-electron chi connectivity index (χ1n) is 11.1. The molecule has 0 radical (unpaired) electrons. The van der Waals surface area contributed by atoms with Gasteiger partial charge in [-0.1, -0.05) is 42.8 Å². The van der Waals surface area contributed by atoms with Crippen molar-refractivity contribution in [3.63, 3.8) is 0 Å². The van der Waals surface area contributed by atoms with Crippen molar-refractivity contribution in [1.82, 2.24) is 15.5 Å². The van der Waals surface area contributed by atoms with Crippen LogP contribution in [0.1, 0.15) is 42.0 Å². The van der Waals surface area contributed by atoms with Gasteiger partial charge < -0.3 is 20.1 Å². The zero-order valence-electron chi connectivity index (χ0n) is 19.1. The fourth-order valence-corrected chi connectivity index (χ4v) is 4.11. The summed E-state index contributed by atoms with van der Waals surface area (Å²) in [5.41, 5.74) is 3.69. The van der Waals surface area contributed by atoms with Crippen LogP contribution in [0.3, 0.4) is 0 Å². The van der Waals surface area contributed by atoms with E-state index in [0.29, 0.717) is 19.2 Å². The molecule has 6 heteroatoms. The van der Waals surface area contributed by atoms with Crippen molar-refractivity contribution in [3.8, 4) is 5.75 Å². The minimum Gasteiger partial charge on any atom is -0.497 e. The highest BCUT2D eigenvalue weighted by Crippen LogP contribution is 2.25. The predicted octanol–water partition coefficient (Wildman–Crippen LogP) is 3.73. The molecule has 1 aliphatic heterocycles. The standard InChI is InChI=1S/C25H36N4O2/c1-26-25(27-17-20-8-7-9-21(16-20)19-30-2)28-18-24(29-14-5-4-6-15-29)22-10-12-23(31-3)13-11-22/h7-13,16,24H,4-6,14-15,17-19H2,1-3H3,(H2,26,27,28). The second kappa shape index (κ2) is 12.3. The number of aliphatic imine (C=N–C) groups is 1. The molecule has 0 aromatic heterocycles. The quantitative estimate of drug-likeness (QED) is 0.474. The van der Waals surface area contributed by atoms with Crippen LogP contribution < -0.4 is 15.4 Å². The molecule has 1 unspecified atom stereocenters. The molecule has 168 valence electrons. The fraction of sp³-hybridized carbons (Fsp3) is 0.480. The van der Waals surface area contributed by atoms with Crippen molar-refractivity contribution in [2.45, 2.75) is 38.5 Å². The summed E-state index contributed by atoms with van der Waals surface area (Å²) in [5.74, 6) is 1.70. The van der Waals surface area contributed by atoms with Gasteiger partial charge in [-0.15, -0.1) is 0 Å². The molecule has 0 bridgehead atoms. The van der Waals surface area contributed by atoms with Gasteiger partial charge in [0.1, 0.15) is 5.75 Å². The second-order valence-corrected chi connectivity index (χ2v) is 7.95. The summed E-state index contributed by atoms with van der Waals surface area (Å²) in [4.78, 5) is 7.01. The van der Waals surface area contributed by atoms with E-state index in [1.54, 1.807) is 14.2 Å².